The summed E-state index contributed by atoms with van der Waals surface area (Å²) in [4.78, 5) is 14.2. The lowest BCUT2D eigenvalue weighted by Gasteiger charge is -2.11. The second-order valence-electron chi connectivity index (χ2n) is 5.77. The summed E-state index contributed by atoms with van der Waals surface area (Å²) < 4.78 is 5.16. The molecule has 0 saturated carbocycles. The number of hydrogen-bond donors (Lipinski definition) is 0. The van der Waals surface area contributed by atoms with Gasteiger partial charge in [0, 0.05) is 10.8 Å². The molecule has 1 atom stereocenters. The predicted molar refractivity (Wildman–Crippen MR) is 98.8 cm³/mol. The molecule has 1 heterocycles. The largest absolute Gasteiger partial charge is 0.427 e. The van der Waals surface area contributed by atoms with Gasteiger partial charge in [0.25, 0.3) is 0 Å². The molecule has 0 N–H and O–H groups in total. The van der Waals surface area contributed by atoms with Crippen molar-refractivity contribution in [1.29, 1.82) is 0 Å². The number of carbonyl (C=O) groups excluding carboxylic acids is 1. The average molecular weight is 342 g/mol. The van der Waals surface area contributed by atoms with Gasteiger partial charge in [0.05, 0.1) is 7.85 Å². The Morgan fingerprint density at radius 2 is 1.67 bits per heavy atom. The molecule has 24 heavy (non-hydrogen) atoms. The van der Waals surface area contributed by atoms with Crippen LogP contribution in [0.2, 0.25) is 5.02 Å². The number of nitrogens with zero attached hydrogens (tertiary/aromatic N) is 1. The molecule has 1 aliphatic rings. The van der Waals surface area contributed by atoms with E-state index in [1.54, 1.807) is 36.4 Å². The molecule has 0 unspecified atom stereocenters. The molecule has 2 radical (unpaired) electrons. The van der Waals surface area contributed by atoms with Crippen LogP contribution in [0.4, 0.5) is 0 Å². The number of esters is 1. The van der Waals surface area contributed by atoms with E-state index in [9.17, 15) is 4.79 Å². The Morgan fingerprint density at radius 3 is 2.17 bits per heavy atom. The van der Waals surface area contributed by atoms with Crippen molar-refractivity contribution in [3.63, 3.8) is 0 Å². The van der Waals surface area contributed by atoms with Crippen molar-refractivity contribution in [3.05, 3.63) is 65.2 Å². The van der Waals surface area contributed by atoms with Crippen LogP contribution in [0.15, 0.2) is 54.6 Å². The van der Waals surface area contributed by atoms with E-state index in [1.165, 1.54) is 25.9 Å². The zero-order valence-electron chi connectivity index (χ0n) is 13.8. The van der Waals surface area contributed by atoms with Crippen LogP contribution in [0.1, 0.15) is 24.2 Å². The van der Waals surface area contributed by atoms with E-state index < -0.39 is 11.8 Å². The monoisotopic (exact) mass is 341 g/mol. The van der Waals surface area contributed by atoms with E-state index in [0.29, 0.717) is 10.8 Å². The third-order valence-corrected chi connectivity index (χ3v) is 4.03. The van der Waals surface area contributed by atoms with Crippen LogP contribution < -0.4 is 4.74 Å². The quantitative estimate of drug-likeness (QED) is 0.482. The summed E-state index contributed by atoms with van der Waals surface area (Å²) in [7, 11) is 7.99. The van der Waals surface area contributed by atoms with Gasteiger partial charge in [0.15, 0.2) is 0 Å². The molecule has 124 valence electrons. The summed E-state index contributed by atoms with van der Waals surface area (Å²) >= 11 is 5.74. The van der Waals surface area contributed by atoms with E-state index in [1.807, 2.05) is 18.2 Å². The van der Waals surface area contributed by atoms with E-state index in [4.69, 9.17) is 24.2 Å². The molecular weight excluding hydrogens is 320 g/mol. The Morgan fingerprint density at radius 1 is 1.08 bits per heavy atom. The van der Waals surface area contributed by atoms with Crippen molar-refractivity contribution in [2.24, 2.45) is 0 Å². The third kappa shape index (κ3) is 6.02. The fourth-order valence-electron chi connectivity index (χ4n) is 2.35. The molecule has 1 saturated heterocycles. The van der Waals surface area contributed by atoms with E-state index >= 15 is 0 Å². The molecule has 5 heteroatoms. The van der Waals surface area contributed by atoms with Crippen LogP contribution in [0.25, 0.3) is 0 Å². The van der Waals surface area contributed by atoms with Gasteiger partial charge in [-0.15, -0.1) is 0 Å². The van der Waals surface area contributed by atoms with E-state index in [2.05, 4.69) is 11.9 Å². The van der Waals surface area contributed by atoms with Gasteiger partial charge in [-0.2, -0.15) is 0 Å². The zero-order valence-corrected chi connectivity index (χ0v) is 14.6. The number of benzene rings is 2. The van der Waals surface area contributed by atoms with Gasteiger partial charge in [-0.3, -0.25) is 4.79 Å². The van der Waals surface area contributed by atoms with Gasteiger partial charge in [-0.1, -0.05) is 41.9 Å². The predicted octanol–water partition coefficient (Wildman–Crippen LogP) is 3.87. The lowest BCUT2D eigenvalue weighted by atomic mass is 9.81. The highest BCUT2D eigenvalue weighted by molar-refractivity contribution is 6.30. The summed E-state index contributed by atoms with van der Waals surface area (Å²) in [6.07, 6.45) is 2.83. The molecule has 0 aliphatic carbocycles. The SMILES string of the molecule is CN1CCCC1.[B][C@@H](C(=O)Oc1ccc(Cl)cc1)c1ccccc1. The van der Waals surface area contributed by atoms with Crippen LogP contribution in [0, 0.1) is 0 Å². The highest BCUT2D eigenvalue weighted by Crippen LogP contribution is 2.19. The highest BCUT2D eigenvalue weighted by atomic mass is 35.5. The van der Waals surface area contributed by atoms with Crippen LogP contribution in [0.5, 0.6) is 5.75 Å². The summed E-state index contributed by atoms with van der Waals surface area (Å²) in [5, 5.41) is 0.585. The number of rotatable bonds is 3. The first-order valence-electron chi connectivity index (χ1n) is 8.02. The number of halogens is 1. The van der Waals surface area contributed by atoms with Crippen molar-refractivity contribution < 1.29 is 9.53 Å². The molecule has 0 spiro atoms. The number of likely N-dealkylation sites (tertiary alicyclic amines) is 1. The Kier molecular flexibility index (Phi) is 7.35. The second-order valence-corrected chi connectivity index (χ2v) is 6.21. The van der Waals surface area contributed by atoms with Crippen molar-refractivity contribution in [1.82, 2.24) is 4.90 Å². The Hall–Kier alpha value is -1.78. The fraction of sp³-hybridized carbons (Fsp3) is 0.316. The van der Waals surface area contributed by atoms with Crippen LogP contribution in [-0.2, 0) is 4.79 Å². The summed E-state index contributed by atoms with van der Waals surface area (Å²) in [5.41, 5.74) is 0.719. The molecule has 3 nitrogen and oxygen atoms in total. The average Bonchev–Trinajstić information content (AvgIpc) is 3.08. The van der Waals surface area contributed by atoms with Gasteiger partial charge >= 0.3 is 5.97 Å². The van der Waals surface area contributed by atoms with Gasteiger partial charge < -0.3 is 9.64 Å². The van der Waals surface area contributed by atoms with Crippen LogP contribution in [-0.4, -0.2) is 38.9 Å². The minimum absolute atomic E-state index is 0.427. The van der Waals surface area contributed by atoms with Crippen LogP contribution in [0.3, 0.4) is 0 Å². The number of hydrogen-bond acceptors (Lipinski definition) is 3. The van der Waals surface area contributed by atoms with Crippen molar-refractivity contribution in [2.45, 2.75) is 18.7 Å². The maximum atomic E-state index is 11.8. The maximum absolute atomic E-state index is 11.8. The van der Waals surface area contributed by atoms with E-state index in [-0.39, 0.29) is 0 Å². The lowest BCUT2D eigenvalue weighted by molar-refractivity contribution is -0.134. The van der Waals surface area contributed by atoms with Crippen molar-refractivity contribution >= 4 is 25.4 Å². The lowest BCUT2D eigenvalue weighted by Crippen LogP contribution is -2.18. The van der Waals surface area contributed by atoms with Gasteiger partial charge in [-0.05, 0) is 62.8 Å². The molecule has 2 aromatic rings. The third-order valence-electron chi connectivity index (χ3n) is 3.77. The standard InChI is InChI=1S/C14H10BClO2.C5H11N/c15-13(10-4-2-1-3-5-10)14(17)18-12-8-6-11(16)7-9-12;1-6-4-2-3-5-6/h1-9,13H;2-5H2,1H3/t13-;/m1./s1. The summed E-state index contributed by atoms with van der Waals surface area (Å²) in [6, 6.07) is 15.6. The maximum Gasteiger partial charge on any atom is 0.309 e. The minimum Gasteiger partial charge on any atom is -0.427 e. The zero-order chi connectivity index (χ0) is 17.4. The van der Waals surface area contributed by atoms with Crippen LogP contribution >= 0.6 is 11.6 Å². The second kappa shape index (κ2) is 9.50. The Balaban J connectivity index is 0.000000292. The number of ether oxygens (including phenoxy) is 1. The molecule has 2 aromatic carbocycles. The molecule has 1 aliphatic heterocycles. The summed E-state index contributed by atoms with van der Waals surface area (Å²) in [6.45, 7) is 2.64. The first-order valence-corrected chi connectivity index (χ1v) is 8.40. The van der Waals surface area contributed by atoms with Gasteiger partial charge in [0.1, 0.15) is 5.75 Å². The minimum atomic E-state index is -0.790. The Labute approximate surface area is 150 Å². The first kappa shape index (κ1) is 18.6. The molecule has 0 aromatic heterocycles. The molecule has 0 bridgehead atoms. The smallest absolute Gasteiger partial charge is 0.309 e. The van der Waals surface area contributed by atoms with Gasteiger partial charge in [0.2, 0.25) is 0 Å². The number of carbonyl (C=O) groups is 1. The summed E-state index contributed by atoms with van der Waals surface area (Å²) in [5.74, 6) is -0.860. The molecule has 1 fully saturated rings. The molecular formula is C19H21BClNO2. The highest BCUT2D eigenvalue weighted by Gasteiger charge is 2.16. The fourth-order valence-corrected chi connectivity index (χ4v) is 2.48. The Bertz CT molecular complexity index is 628. The van der Waals surface area contributed by atoms with Crippen molar-refractivity contribution in [3.8, 4) is 5.75 Å². The normalized spacial score (nSPS) is 15.2. The molecule has 3 rings (SSSR count). The van der Waals surface area contributed by atoms with Gasteiger partial charge in [-0.25, -0.2) is 0 Å². The van der Waals surface area contributed by atoms with E-state index in [0.717, 1.165) is 5.56 Å². The topological polar surface area (TPSA) is 29.5 Å². The first-order chi connectivity index (χ1) is 11.6. The van der Waals surface area contributed by atoms with Crippen molar-refractivity contribution in [2.75, 3.05) is 20.1 Å². The molecule has 0 amide bonds.